The number of nitrogens with one attached hydrogen (secondary N) is 1. The molecule has 41 heavy (non-hydrogen) atoms. The molecule has 2 aromatic heterocycles. The standard InChI is InChI=1S/C27H26Cl2F3N5O3S/c1-26(2,3)40-25(39)37-8-7-15-12-36(13-19(15)37)23-20(14-5-4-6-17(9-14)27(30,31)32)34-24(41-23)35-22(38)16-10-18(28)21(29)33-11-16/h4-6,9-11,15,19H,7-8,12-13H2,1-3H3,(H,34,35,38). The van der Waals surface area contributed by atoms with Crippen molar-refractivity contribution >= 4 is 56.7 Å². The molecule has 0 bridgehead atoms. The summed E-state index contributed by atoms with van der Waals surface area (Å²) in [5, 5.41) is 3.62. The maximum absolute atomic E-state index is 13.5. The van der Waals surface area contributed by atoms with Crippen LogP contribution < -0.4 is 10.2 Å². The van der Waals surface area contributed by atoms with E-state index in [1.54, 1.807) is 11.0 Å². The molecule has 0 spiro atoms. The van der Waals surface area contributed by atoms with E-state index < -0.39 is 29.3 Å². The van der Waals surface area contributed by atoms with E-state index in [1.165, 1.54) is 18.3 Å². The van der Waals surface area contributed by atoms with E-state index >= 15 is 0 Å². The van der Waals surface area contributed by atoms with Crippen LogP contribution in [0, 0.1) is 5.92 Å². The van der Waals surface area contributed by atoms with Crippen LogP contribution in [-0.2, 0) is 10.9 Å². The minimum atomic E-state index is -4.54. The van der Waals surface area contributed by atoms with Crippen LogP contribution in [0.5, 0.6) is 0 Å². The third-order valence-corrected chi connectivity index (χ3v) is 8.53. The van der Waals surface area contributed by atoms with Crippen molar-refractivity contribution in [2.75, 3.05) is 29.9 Å². The summed E-state index contributed by atoms with van der Waals surface area (Å²) in [6, 6.07) is 6.14. The number of carbonyl (C=O) groups is 2. The maximum atomic E-state index is 13.5. The Kier molecular flexibility index (Phi) is 7.86. The molecular weight excluding hydrogens is 602 g/mol. The number of aromatic nitrogens is 2. The van der Waals surface area contributed by atoms with Crippen molar-refractivity contribution in [3.63, 3.8) is 0 Å². The highest BCUT2D eigenvalue weighted by molar-refractivity contribution is 7.20. The fraction of sp³-hybridized carbons (Fsp3) is 0.407. The lowest BCUT2D eigenvalue weighted by atomic mass is 10.1. The first kappa shape index (κ1) is 29.4. The molecule has 0 radical (unpaired) electrons. The molecule has 3 aromatic rings. The number of carbonyl (C=O) groups excluding carboxylic acids is 2. The van der Waals surface area contributed by atoms with Crippen molar-refractivity contribution in [1.82, 2.24) is 14.9 Å². The smallest absolute Gasteiger partial charge is 0.416 e. The van der Waals surface area contributed by atoms with E-state index in [2.05, 4.69) is 15.3 Å². The number of alkyl halides is 3. The van der Waals surface area contributed by atoms with Crippen LogP contribution in [0.1, 0.15) is 43.1 Å². The molecule has 2 unspecified atom stereocenters. The van der Waals surface area contributed by atoms with E-state index in [1.807, 2.05) is 25.7 Å². The van der Waals surface area contributed by atoms with Gasteiger partial charge in [-0.15, -0.1) is 0 Å². The van der Waals surface area contributed by atoms with Gasteiger partial charge in [0.15, 0.2) is 5.13 Å². The number of halogens is 5. The highest BCUT2D eigenvalue weighted by atomic mass is 35.5. The van der Waals surface area contributed by atoms with Crippen molar-refractivity contribution < 1.29 is 27.5 Å². The minimum absolute atomic E-state index is 0.0478. The van der Waals surface area contributed by atoms with Gasteiger partial charge in [0.2, 0.25) is 0 Å². The first-order valence-corrected chi connectivity index (χ1v) is 14.3. The van der Waals surface area contributed by atoms with Gasteiger partial charge in [0.1, 0.15) is 21.4 Å². The summed E-state index contributed by atoms with van der Waals surface area (Å²) in [6.45, 7) is 7.01. The van der Waals surface area contributed by atoms with Gasteiger partial charge in [-0.2, -0.15) is 13.2 Å². The summed E-state index contributed by atoms with van der Waals surface area (Å²) in [7, 11) is 0. The number of pyridine rings is 1. The summed E-state index contributed by atoms with van der Waals surface area (Å²) in [4.78, 5) is 38.0. The van der Waals surface area contributed by atoms with Crippen LogP contribution in [0.25, 0.3) is 11.3 Å². The van der Waals surface area contributed by atoms with Crippen molar-refractivity contribution in [2.24, 2.45) is 5.92 Å². The molecule has 14 heteroatoms. The molecule has 5 rings (SSSR count). The number of thiazole rings is 1. The Labute approximate surface area is 248 Å². The monoisotopic (exact) mass is 627 g/mol. The van der Waals surface area contributed by atoms with Gasteiger partial charge in [0, 0.05) is 37.3 Å². The lowest BCUT2D eigenvalue weighted by Crippen LogP contribution is -2.42. The van der Waals surface area contributed by atoms with Gasteiger partial charge in [-0.1, -0.05) is 46.7 Å². The molecule has 2 atom stereocenters. The zero-order chi connectivity index (χ0) is 29.7. The summed E-state index contributed by atoms with van der Waals surface area (Å²) in [6.07, 6.45) is -2.90. The number of likely N-dealkylation sites (tertiary alicyclic amines) is 1. The Hall–Kier alpha value is -3.09. The highest BCUT2D eigenvalue weighted by Crippen LogP contribution is 2.44. The topological polar surface area (TPSA) is 87.7 Å². The second kappa shape index (κ2) is 11.0. The lowest BCUT2D eigenvalue weighted by Gasteiger charge is -2.28. The molecule has 2 aliphatic heterocycles. The van der Waals surface area contributed by atoms with Crippen molar-refractivity contribution in [2.45, 2.75) is 45.0 Å². The molecule has 4 heterocycles. The fourth-order valence-corrected chi connectivity index (χ4v) is 6.27. The predicted octanol–water partition coefficient (Wildman–Crippen LogP) is 7.23. The molecule has 2 amide bonds. The Morgan fingerprint density at radius 1 is 1.15 bits per heavy atom. The van der Waals surface area contributed by atoms with Crippen LogP contribution in [0.4, 0.5) is 28.1 Å². The van der Waals surface area contributed by atoms with Gasteiger partial charge < -0.3 is 14.5 Å². The van der Waals surface area contributed by atoms with Crippen LogP contribution in [0.3, 0.4) is 0 Å². The zero-order valence-corrected chi connectivity index (χ0v) is 24.6. The third kappa shape index (κ3) is 6.39. The molecule has 8 nitrogen and oxygen atoms in total. The maximum Gasteiger partial charge on any atom is 0.416 e. The molecule has 2 aliphatic rings. The van der Waals surface area contributed by atoms with Crippen molar-refractivity contribution in [3.05, 3.63) is 57.8 Å². The normalized spacial score (nSPS) is 18.9. The summed E-state index contributed by atoms with van der Waals surface area (Å²) < 4.78 is 46.2. The Bertz CT molecular complexity index is 1490. The SMILES string of the molecule is CC(C)(C)OC(=O)N1CCC2CN(c3sc(NC(=O)c4cnc(Cl)c(Cl)c4)nc3-c3cccc(C(F)(F)F)c3)CC21. The summed E-state index contributed by atoms with van der Waals surface area (Å²) in [5.74, 6) is -0.402. The second-order valence-electron chi connectivity index (χ2n) is 10.9. The number of nitrogens with zero attached hydrogens (tertiary/aromatic N) is 4. The average molecular weight is 629 g/mol. The number of rotatable bonds is 4. The molecule has 0 saturated carbocycles. The quantitative estimate of drug-likeness (QED) is 0.307. The van der Waals surface area contributed by atoms with E-state index in [0.29, 0.717) is 30.3 Å². The predicted molar refractivity (Wildman–Crippen MR) is 152 cm³/mol. The van der Waals surface area contributed by atoms with E-state index in [4.69, 9.17) is 27.9 Å². The number of hydrogen-bond acceptors (Lipinski definition) is 7. The molecule has 0 aliphatic carbocycles. The molecule has 218 valence electrons. The fourth-order valence-electron chi connectivity index (χ4n) is 5.00. The van der Waals surface area contributed by atoms with E-state index in [9.17, 15) is 22.8 Å². The van der Waals surface area contributed by atoms with Crippen LogP contribution in [-0.4, -0.2) is 58.1 Å². The number of benzene rings is 1. The van der Waals surface area contributed by atoms with Crippen LogP contribution in [0.2, 0.25) is 10.2 Å². The Balaban J connectivity index is 1.46. The number of anilines is 2. The van der Waals surface area contributed by atoms with Gasteiger partial charge in [0.25, 0.3) is 5.91 Å². The molecule has 1 N–H and O–H groups in total. The number of amides is 2. The van der Waals surface area contributed by atoms with Crippen molar-refractivity contribution in [1.29, 1.82) is 0 Å². The van der Waals surface area contributed by atoms with E-state index in [-0.39, 0.29) is 38.4 Å². The first-order chi connectivity index (χ1) is 19.2. The number of ether oxygens (including phenoxy) is 1. The van der Waals surface area contributed by atoms with Crippen molar-refractivity contribution in [3.8, 4) is 11.3 Å². The van der Waals surface area contributed by atoms with Crippen LogP contribution in [0.15, 0.2) is 36.5 Å². The molecular formula is C27H26Cl2F3N5O3S. The molecule has 2 fully saturated rings. The lowest BCUT2D eigenvalue weighted by molar-refractivity contribution is -0.137. The Morgan fingerprint density at radius 2 is 1.90 bits per heavy atom. The third-order valence-electron chi connectivity index (χ3n) is 6.81. The second-order valence-corrected chi connectivity index (χ2v) is 12.6. The van der Waals surface area contributed by atoms with Gasteiger partial charge >= 0.3 is 12.3 Å². The van der Waals surface area contributed by atoms with Gasteiger partial charge in [-0.3, -0.25) is 10.1 Å². The molecule has 2 saturated heterocycles. The zero-order valence-electron chi connectivity index (χ0n) is 22.3. The van der Waals surface area contributed by atoms with Gasteiger partial charge in [0.05, 0.1) is 22.2 Å². The highest BCUT2D eigenvalue weighted by Gasteiger charge is 2.45. The first-order valence-electron chi connectivity index (χ1n) is 12.7. The minimum Gasteiger partial charge on any atom is -0.444 e. The number of fused-ring (bicyclic) bond motifs is 1. The largest absolute Gasteiger partial charge is 0.444 e. The van der Waals surface area contributed by atoms with Gasteiger partial charge in [-0.25, -0.2) is 14.8 Å². The van der Waals surface area contributed by atoms with Crippen LogP contribution >= 0.6 is 34.5 Å². The average Bonchev–Trinajstić information content (AvgIpc) is 3.58. The Morgan fingerprint density at radius 3 is 2.59 bits per heavy atom. The number of hydrogen-bond donors (Lipinski definition) is 1. The molecule has 1 aromatic carbocycles. The van der Waals surface area contributed by atoms with E-state index in [0.717, 1.165) is 29.9 Å². The summed E-state index contributed by atoms with van der Waals surface area (Å²) >= 11 is 13.0. The summed E-state index contributed by atoms with van der Waals surface area (Å²) in [5.41, 5.74) is -0.758. The van der Waals surface area contributed by atoms with Gasteiger partial charge in [-0.05, 0) is 45.4 Å².